The van der Waals surface area contributed by atoms with Crippen LogP contribution in [0.5, 0.6) is 0 Å². The quantitative estimate of drug-likeness (QED) is 0.766. The molecule has 1 fully saturated rings. The van der Waals surface area contributed by atoms with Crippen molar-refractivity contribution in [3.8, 4) is 0 Å². The van der Waals surface area contributed by atoms with Crippen LogP contribution in [0, 0.1) is 0 Å². The minimum atomic E-state index is -0.0697. The minimum absolute atomic E-state index is 0.0697. The molecule has 0 aliphatic carbocycles. The molecule has 5 heteroatoms. The second-order valence-corrected chi connectivity index (χ2v) is 6.99. The lowest BCUT2D eigenvalue weighted by Gasteiger charge is -2.17. The van der Waals surface area contributed by atoms with Crippen LogP contribution >= 0.6 is 27.5 Å². The zero-order valence-corrected chi connectivity index (χ0v) is 14.0. The molecule has 1 aromatic carbocycles. The summed E-state index contributed by atoms with van der Waals surface area (Å²) in [5.74, 6) is 0.971. The van der Waals surface area contributed by atoms with Gasteiger partial charge in [-0.15, -0.1) is 11.6 Å². The molecule has 3 nitrogen and oxygen atoms in total. The Hall–Kier alpha value is -0.580. The number of benzene rings is 1. The maximum atomic E-state index is 6.31. The predicted octanol–water partition coefficient (Wildman–Crippen LogP) is 4.19. The molecule has 1 aliphatic heterocycles. The Morgan fingerprint density at radius 1 is 1.30 bits per heavy atom. The Morgan fingerprint density at radius 3 is 2.75 bits per heavy atom. The second-order valence-electron chi connectivity index (χ2n) is 5.42. The maximum Gasteiger partial charge on any atom is 0.127 e. The largest absolute Gasteiger partial charge is 0.325 e. The van der Waals surface area contributed by atoms with E-state index >= 15 is 0 Å². The van der Waals surface area contributed by atoms with Crippen molar-refractivity contribution in [1.82, 2.24) is 14.5 Å². The first-order chi connectivity index (χ1) is 9.65. The summed E-state index contributed by atoms with van der Waals surface area (Å²) in [6, 6.07) is 6.25. The van der Waals surface area contributed by atoms with Gasteiger partial charge in [-0.3, -0.25) is 0 Å². The molecule has 1 atom stereocenters. The molecule has 1 unspecified atom stereocenters. The number of fused-ring (bicyclic) bond motifs is 1. The SMILES string of the molecule is CC(Cl)c1nc2cc(Br)ccc2n1CCN1CCCC1. The van der Waals surface area contributed by atoms with Crippen molar-refractivity contribution in [2.24, 2.45) is 0 Å². The lowest BCUT2D eigenvalue weighted by atomic mass is 10.3. The van der Waals surface area contributed by atoms with Crippen LogP contribution in [0.3, 0.4) is 0 Å². The smallest absolute Gasteiger partial charge is 0.127 e. The predicted molar refractivity (Wildman–Crippen MR) is 87.4 cm³/mol. The summed E-state index contributed by atoms with van der Waals surface area (Å²) in [5.41, 5.74) is 2.19. The average molecular weight is 357 g/mol. The van der Waals surface area contributed by atoms with Crippen LogP contribution in [0.4, 0.5) is 0 Å². The van der Waals surface area contributed by atoms with Gasteiger partial charge in [-0.05, 0) is 51.1 Å². The van der Waals surface area contributed by atoms with E-state index in [0.717, 1.165) is 28.9 Å². The van der Waals surface area contributed by atoms with Crippen LogP contribution in [0.25, 0.3) is 11.0 Å². The molecule has 0 amide bonds. The van der Waals surface area contributed by atoms with Crippen molar-refractivity contribution in [3.05, 3.63) is 28.5 Å². The van der Waals surface area contributed by atoms with E-state index in [4.69, 9.17) is 16.6 Å². The fraction of sp³-hybridized carbons (Fsp3) is 0.533. The number of aromatic nitrogens is 2. The highest BCUT2D eigenvalue weighted by Gasteiger charge is 2.17. The van der Waals surface area contributed by atoms with Gasteiger partial charge in [-0.25, -0.2) is 4.98 Å². The van der Waals surface area contributed by atoms with E-state index in [-0.39, 0.29) is 5.38 Å². The number of alkyl halides is 1. The van der Waals surface area contributed by atoms with Gasteiger partial charge in [0.25, 0.3) is 0 Å². The topological polar surface area (TPSA) is 21.1 Å². The Labute approximate surface area is 133 Å². The molecule has 0 N–H and O–H groups in total. The van der Waals surface area contributed by atoms with E-state index < -0.39 is 0 Å². The van der Waals surface area contributed by atoms with Gasteiger partial charge in [0.1, 0.15) is 5.82 Å². The summed E-state index contributed by atoms with van der Waals surface area (Å²) in [6.45, 7) is 6.49. The average Bonchev–Trinajstić information content (AvgIpc) is 3.02. The third-order valence-corrected chi connectivity index (χ3v) is 4.62. The number of rotatable bonds is 4. The van der Waals surface area contributed by atoms with Crippen LogP contribution in [0.1, 0.15) is 31.0 Å². The number of likely N-dealkylation sites (tertiary alicyclic amines) is 1. The third kappa shape index (κ3) is 2.87. The standard InChI is InChI=1S/C15H19BrClN3/c1-11(17)15-18-13-10-12(16)4-5-14(13)20(15)9-8-19-6-2-3-7-19/h4-5,10-11H,2-3,6-9H2,1H3. The van der Waals surface area contributed by atoms with E-state index in [1.54, 1.807) is 0 Å². The highest BCUT2D eigenvalue weighted by Crippen LogP contribution is 2.26. The Balaban J connectivity index is 1.91. The molecule has 3 rings (SSSR count). The van der Waals surface area contributed by atoms with Crippen molar-refractivity contribution in [1.29, 1.82) is 0 Å². The van der Waals surface area contributed by atoms with Gasteiger partial charge < -0.3 is 9.47 Å². The molecule has 1 saturated heterocycles. The molecule has 0 radical (unpaired) electrons. The number of imidazole rings is 1. The third-order valence-electron chi connectivity index (χ3n) is 3.93. The fourth-order valence-electron chi connectivity index (χ4n) is 2.91. The first-order valence-corrected chi connectivity index (χ1v) is 8.40. The van der Waals surface area contributed by atoms with Crippen LogP contribution in [0.15, 0.2) is 22.7 Å². The van der Waals surface area contributed by atoms with Gasteiger partial charge in [0.15, 0.2) is 0 Å². The molecule has 2 heterocycles. The lowest BCUT2D eigenvalue weighted by molar-refractivity contribution is 0.322. The first kappa shape index (κ1) is 14.4. The zero-order chi connectivity index (χ0) is 14.1. The Kier molecular flexibility index (Phi) is 4.34. The van der Waals surface area contributed by atoms with Crippen LogP contribution in [0.2, 0.25) is 0 Å². The van der Waals surface area contributed by atoms with E-state index in [9.17, 15) is 0 Å². The monoisotopic (exact) mass is 355 g/mol. The van der Waals surface area contributed by atoms with Gasteiger partial charge >= 0.3 is 0 Å². The number of hydrogen-bond acceptors (Lipinski definition) is 2. The molecule has 0 bridgehead atoms. The fourth-order valence-corrected chi connectivity index (χ4v) is 3.42. The summed E-state index contributed by atoms with van der Waals surface area (Å²) in [5, 5.41) is -0.0697. The van der Waals surface area contributed by atoms with Gasteiger partial charge in [0.2, 0.25) is 0 Å². The minimum Gasteiger partial charge on any atom is -0.325 e. The molecule has 108 valence electrons. The van der Waals surface area contributed by atoms with Crippen molar-refractivity contribution < 1.29 is 0 Å². The number of nitrogens with zero attached hydrogens (tertiary/aromatic N) is 3. The molecule has 0 saturated carbocycles. The molecule has 1 aliphatic rings. The van der Waals surface area contributed by atoms with E-state index in [2.05, 4.69) is 43.6 Å². The normalized spacial score (nSPS) is 17.9. The van der Waals surface area contributed by atoms with E-state index in [1.165, 1.54) is 31.4 Å². The number of halogens is 2. The van der Waals surface area contributed by atoms with Gasteiger partial charge in [0, 0.05) is 17.6 Å². The van der Waals surface area contributed by atoms with Gasteiger partial charge in [0.05, 0.1) is 16.4 Å². The molecule has 1 aromatic heterocycles. The highest BCUT2D eigenvalue weighted by molar-refractivity contribution is 9.10. The van der Waals surface area contributed by atoms with Crippen molar-refractivity contribution in [3.63, 3.8) is 0 Å². The van der Waals surface area contributed by atoms with Crippen LogP contribution in [-0.2, 0) is 6.54 Å². The lowest BCUT2D eigenvalue weighted by Crippen LogP contribution is -2.24. The van der Waals surface area contributed by atoms with Gasteiger partial charge in [-0.2, -0.15) is 0 Å². The van der Waals surface area contributed by atoms with Gasteiger partial charge in [-0.1, -0.05) is 15.9 Å². The van der Waals surface area contributed by atoms with E-state index in [1.807, 2.05) is 6.92 Å². The van der Waals surface area contributed by atoms with Crippen molar-refractivity contribution in [2.75, 3.05) is 19.6 Å². The summed E-state index contributed by atoms with van der Waals surface area (Å²) in [4.78, 5) is 7.22. The Morgan fingerprint density at radius 2 is 2.05 bits per heavy atom. The van der Waals surface area contributed by atoms with Crippen molar-refractivity contribution >= 4 is 38.6 Å². The molecular formula is C15H19BrClN3. The summed E-state index contributed by atoms with van der Waals surface area (Å²) in [6.07, 6.45) is 2.66. The Bertz CT molecular complexity index is 602. The molecular weight excluding hydrogens is 338 g/mol. The van der Waals surface area contributed by atoms with Crippen molar-refractivity contribution in [2.45, 2.75) is 31.7 Å². The van der Waals surface area contributed by atoms with Crippen LogP contribution < -0.4 is 0 Å². The molecule has 0 spiro atoms. The first-order valence-electron chi connectivity index (χ1n) is 7.17. The summed E-state index contributed by atoms with van der Waals surface area (Å²) < 4.78 is 3.33. The molecule has 2 aromatic rings. The maximum absolute atomic E-state index is 6.31. The summed E-state index contributed by atoms with van der Waals surface area (Å²) in [7, 11) is 0. The number of hydrogen-bond donors (Lipinski definition) is 0. The molecule has 20 heavy (non-hydrogen) atoms. The van der Waals surface area contributed by atoms with E-state index in [0.29, 0.717) is 0 Å². The van der Waals surface area contributed by atoms with Crippen LogP contribution in [-0.4, -0.2) is 34.1 Å². The second kappa shape index (κ2) is 6.04. The highest BCUT2D eigenvalue weighted by atomic mass is 79.9. The summed E-state index contributed by atoms with van der Waals surface area (Å²) >= 11 is 9.81. The zero-order valence-electron chi connectivity index (χ0n) is 11.6.